The van der Waals surface area contributed by atoms with Crippen molar-refractivity contribution >= 4 is 21.8 Å². The lowest BCUT2D eigenvalue weighted by atomic mass is 9.68. The predicted octanol–water partition coefficient (Wildman–Crippen LogP) is 9.40. The van der Waals surface area contributed by atoms with Crippen LogP contribution in [-0.4, -0.2) is 4.57 Å². The van der Waals surface area contributed by atoms with Crippen molar-refractivity contribution in [3.8, 4) is 27.9 Å². The molecule has 0 saturated carbocycles. The van der Waals surface area contributed by atoms with Crippen LogP contribution in [0.3, 0.4) is 0 Å². The van der Waals surface area contributed by atoms with E-state index in [0.29, 0.717) is 0 Å². The van der Waals surface area contributed by atoms with Crippen LogP contribution >= 0.6 is 0 Å². The first-order valence-electron chi connectivity index (χ1n) is 13.3. The monoisotopic (exact) mass is 475 g/mol. The molecule has 1 nitrogen and oxygen atoms in total. The molecule has 0 bridgehead atoms. The molecule has 37 heavy (non-hydrogen) atoms. The summed E-state index contributed by atoms with van der Waals surface area (Å²) in [6, 6.07) is 38.5. The van der Waals surface area contributed by atoms with Crippen LogP contribution in [0.4, 0.5) is 0 Å². The molecule has 0 radical (unpaired) electrons. The van der Waals surface area contributed by atoms with E-state index < -0.39 is 0 Å². The predicted molar refractivity (Wildman–Crippen MR) is 156 cm³/mol. The fourth-order valence-electron chi connectivity index (χ4n) is 7.13. The highest BCUT2D eigenvalue weighted by Crippen LogP contribution is 2.56. The fraction of sp³-hybridized carbons (Fsp3) is 0.167. The quantitative estimate of drug-likeness (QED) is 0.235. The van der Waals surface area contributed by atoms with E-state index in [-0.39, 0.29) is 10.8 Å². The number of nitrogens with zero attached hydrogens (tertiary/aromatic N) is 1. The summed E-state index contributed by atoms with van der Waals surface area (Å²) in [6.45, 7) is 9.63. The van der Waals surface area contributed by atoms with Crippen LogP contribution in [0.2, 0.25) is 0 Å². The Bertz CT molecular complexity index is 1770. The smallest absolute Gasteiger partial charge is 0.0582 e. The van der Waals surface area contributed by atoms with Gasteiger partial charge in [-0.25, -0.2) is 0 Å². The van der Waals surface area contributed by atoms with Gasteiger partial charge in [0.15, 0.2) is 0 Å². The molecule has 8 rings (SSSR count). The summed E-state index contributed by atoms with van der Waals surface area (Å²) in [5.74, 6) is 0. The molecule has 0 saturated heterocycles. The molecule has 5 aromatic carbocycles. The molecule has 1 aromatic heterocycles. The first kappa shape index (κ1) is 21.0. The van der Waals surface area contributed by atoms with Crippen molar-refractivity contribution in [2.75, 3.05) is 0 Å². The SMILES string of the molecule is CC1(C)c2cccc3c2-n2c4c1cc(-c1ccccc1)cc4c1cc(-c4ccccc4)cc(c12)C3(C)C. The standard InChI is InChI=1S/C36H29N/c1-35(2)28-16-11-17-29-34(28)37-32-26(18-24(20-30(32)35)22-12-7-5-8-13-22)27-19-25(23-14-9-6-10-15-23)21-31(33(27)37)36(29,3)4/h5-21H,1-4H3. The van der Waals surface area contributed by atoms with Crippen LogP contribution in [0.1, 0.15) is 49.9 Å². The van der Waals surface area contributed by atoms with Gasteiger partial charge >= 0.3 is 0 Å². The molecule has 3 heterocycles. The Morgan fingerprint density at radius 1 is 0.432 bits per heavy atom. The molecule has 2 aliphatic rings. The van der Waals surface area contributed by atoms with Crippen molar-refractivity contribution < 1.29 is 0 Å². The van der Waals surface area contributed by atoms with Gasteiger partial charge in [-0.2, -0.15) is 0 Å². The fourth-order valence-corrected chi connectivity index (χ4v) is 7.13. The zero-order valence-corrected chi connectivity index (χ0v) is 21.8. The topological polar surface area (TPSA) is 4.93 Å². The van der Waals surface area contributed by atoms with Crippen molar-refractivity contribution in [3.63, 3.8) is 0 Å². The molecule has 0 spiro atoms. The minimum absolute atomic E-state index is 0.103. The molecule has 178 valence electrons. The third-order valence-electron chi connectivity index (χ3n) is 9.12. The largest absolute Gasteiger partial charge is 0.308 e. The molecule has 0 fully saturated rings. The van der Waals surface area contributed by atoms with Crippen LogP contribution in [0.5, 0.6) is 0 Å². The lowest BCUT2D eigenvalue weighted by Gasteiger charge is -2.42. The second kappa shape index (κ2) is 6.81. The minimum Gasteiger partial charge on any atom is -0.308 e. The maximum atomic E-state index is 2.61. The average Bonchev–Trinajstić information content (AvgIpc) is 3.25. The third-order valence-corrected chi connectivity index (χ3v) is 9.12. The zero-order valence-electron chi connectivity index (χ0n) is 21.8. The number of para-hydroxylation sites is 1. The van der Waals surface area contributed by atoms with Gasteiger partial charge in [0.2, 0.25) is 0 Å². The van der Waals surface area contributed by atoms with E-state index in [1.165, 1.54) is 72.0 Å². The molecule has 0 unspecified atom stereocenters. The molecule has 0 aliphatic carbocycles. The van der Waals surface area contributed by atoms with Crippen LogP contribution in [0.15, 0.2) is 103 Å². The molecular weight excluding hydrogens is 446 g/mol. The summed E-state index contributed by atoms with van der Waals surface area (Å²) in [6.07, 6.45) is 0. The first-order chi connectivity index (χ1) is 17.9. The number of aromatic nitrogens is 1. The lowest BCUT2D eigenvalue weighted by Crippen LogP contribution is -2.33. The summed E-state index contributed by atoms with van der Waals surface area (Å²) in [5, 5.41) is 2.72. The molecule has 6 aromatic rings. The molecule has 0 amide bonds. The van der Waals surface area contributed by atoms with E-state index >= 15 is 0 Å². The summed E-state index contributed by atoms with van der Waals surface area (Å²) in [5.41, 5.74) is 14.7. The molecule has 2 aliphatic heterocycles. The maximum absolute atomic E-state index is 2.61. The van der Waals surface area contributed by atoms with E-state index in [4.69, 9.17) is 0 Å². The van der Waals surface area contributed by atoms with Crippen molar-refractivity contribution in [1.82, 2.24) is 4.57 Å². The van der Waals surface area contributed by atoms with Crippen LogP contribution in [0.25, 0.3) is 49.7 Å². The van der Waals surface area contributed by atoms with Gasteiger partial charge in [0.1, 0.15) is 0 Å². The maximum Gasteiger partial charge on any atom is 0.0582 e. The van der Waals surface area contributed by atoms with Gasteiger partial charge in [-0.3, -0.25) is 0 Å². The number of hydrogen-bond donors (Lipinski definition) is 0. The highest BCUT2D eigenvalue weighted by Gasteiger charge is 2.43. The highest BCUT2D eigenvalue weighted by molar-refractivity contribution is 6.16. The van der Waals surface area contributed by atoms with Gasteiger partial charge in [0.25, 0.3) is 0 Å². The molecule has 1 heteroatoms. The van der Waals surface area contributed by atoms with Crippen LogP contribution in [-0.2, 0) is 10.8 Å². The van der Waals surface area contributed by atoms with Gasteiger partial charge in [-0.05, 0) is 68.8 Å². The van der Waals surface area contributed by atoms with Gasteiger partial charge < -0.3 is 4.57 Å². The third kappa shape index (κ3) is 2.54. The van der Waals surface area contributed by atoms with Crippen molar-refractivity contribution in [2.24, 2.45) is 0 Å². The van der Waals surface area contributed by atoms with Crippen LogP contribution < -0.4 is 0 Å². The highest BCUT2D eigenvalue weighted by atomic mass is 15.0. The Morgan fingerprint density at radius 3 is 1.30 bits per heavy atom. The Hall–Kier alpha value is -4.10. The van der Waals surface area contributed by atoms with Crippen LogP contribution in [0, 0.1) is 0 Å². The summed E-state index contributed by atoms with van der Waals surface area (Å²) in [4.78, 5) is 0. The number of fused-ring (bicyclic) bond motifs is 1. The summed E-state index contributed by atoms with van der Waals surface area (Å²) in [7, 11) is 0. The number of benzene rings is 5. The number of hydrogen-bond acceptors (Lipinski definition) is 0. The van der Waals surface area contributed by atoms with E-state index in [2.05, 4.69) is 135 Å². The van der Waals surface area contributed by atoms with Crippen molar-refractivity contribution in [3.05, 3.63) is 125 Å². The van der Waals surface area contributed by atoms with Crippen molar-refractivity contribution in [2.45, 2.75) is 38.5 Å². The second-order valence-electron chi connectivity index (χ2n) is 11.9. The molecule has 0 atom stereocenters. The van der Waals surface area contributed by atoms with E-state index in [1.807, 2.05) is 0 Å². The lowest BCUT2D eigenvalue weighted by molar-refractivity contribution is 0.594. The normalized spacial score (nSPS) is 16.0. The molecular formula is C36H29N. The summed E-state index contributed by atoms with van der Waals surface area (Å²) >= 11 is 0. The van der Waals surface area contributed by atoms with E-state index in [0.717, 1.165) is 0 Å². The minimum atomic E-state index is -0.103. The summed E-state index contributed by atoms with van der Waals surface area (Å²) < 4.78 is 2.61. The Labute approximate surface area is 218 Å². The van der Waals surface area contributed by atoms with Gasteiger partial charge in [-0.1, -0.05) is 107 Å². The van der Waals surface area contributed by atoms with E-state index in [1.54, 1.807) is 0 Å². The average molecular weight is 476 g/mol. The first-order valence-corrected chi connectivity index (χ1v) is 13.3. The Balaban J connectivity index is 1.63. The van der Waals surface area contributed by atoms with E-state index in [9.17, 15) is 0 Å². The van der Waals surface area contributed by atoms with Gasteiger partial charge in [-0.15, -0.1) is 0 Å². The molecule has 0 N–H and O–H groups in total. The Morgan fingerprint density at radius 2 is 0.865 bits per heavy atom. The van der Waals surface area contributed by atoms with Crippen molar-refractivity contribution in [1.29, 1.82) is 0 Å². The van der Waals surface area contributed by atoms with Gasteiger partial charge in [0, 0.05) is 21.6 Å². The second-order valence-corrected chi connectivity index (χ2v) is 11.9. The zero-order chi connectivity index (χ0) is 25.1. The Kier molecular flexibility index (Phi) is 3.87. The number of rotatable bonds is 2. The van der Waals surface area contributed by atoms with Gasteiger partial charge in [0.05, 0.1) is 16.7 Å².